The summed E-state index contributed by atoms with van der Waals surface area (Å²) >= 11 is 0. The highest BCUT2D eigenvalue weighted by Gasteiger charge is 2.32. The van der Waals surface area contributed by atoms with Crippen LogP contribution in [0.1, 0.15) is 90.9 Å². The molecule has 0 atom stereocenters. The molecule has 0 bridgehead atoms. The van der Waals surface area contributed by atoms with Crippen molar-refractivity contribution in [2.45, 2.75) is 90.9 Å². The van der Waals surface area contributed by atoms with Crippen LogP contribution in [0.4, 0.5) is 0 Å². The van der Waals surface area contributed by atoms with Crippen LogP contribution in [0.15, 0.2) is 12.4 Å². The van der Waals surface area contributed by atoms with Crippen LogP contribution in [-0.2, 0) is 9.53 Å². The number of nitrogens with zero attached hydrogens (tertiary/aromatic N) is 2. The third-order valence-electron chi connectivity index (χ3n) is 4.50. The van der Waals surface area contributed by atoms with E-state index in [4.69, 9.17) is 4.74 Å². The van der Waals surface area contributed by atoms with Gasteiger partial charge in [-0.3, -0.25) is 0 Å². The van der Waals surface area contributed by atoms with Crippen LogP contribution in [0, 0.1) is 6.67 Å². The minimum atomic E-state index is -0.162. The fourth-order valence-electron chi connectivity index (χ4n) is 2.89. The molecule has 0 aromatic carbocycles. The summed E-state index contributed by atoms with van der Waals surface area (Å²) < 4.78 is 5.32. The van der Waals surface area contributed by atoms with Crippen LogP contribution in [0.3, 0.4) is 0 Å². The van der Waals surface area contributed by atoms with Gasteiger partial charge in [0.2, 0.25) is 0 Å². The van der Waals surface area contributed by atoms with Gasteiger partial charge < -0.3 is 17.1 Å². The van der Waals surface area contributed by atoms with Crippen LogP contribution in [0.5, 0.6) is 0 Å². The predicted octanol–water partition coefficient (Wildman–Crippen LogP) is 2.34. The van der Waals surface area contributed by atoms with Gasteiger partial charge >= 0.3 is 12.6 Å². The summed E-state index contributed by atoms with van der Waals surface area (Å²) in [5, 5.41) is 0. The van der Waals surface area contributed by atoms with E-state index in [0.717, 1.165) is 32.2 Å². The van der Waals surface area contributed by atoms with E-state index < -0.39 is 0 Å². The number of rotatable bonds is 16. The lowest BCUT2D eigenvalue weighted by Crippen LogP contribution is -3.00. The van der Waals surface area contributed by atoms with E-state index in [1.54, 1.807) is 4.90 Å². The maximum absolute atomic E-state index is 11.8. The molecule has 0 unspecified atom stereocenters. The van der Waals surface area contributed by atoms with Crippen molar-refractivity contribution < 1.29 is 21.9 Å². The SMILES string of the molecule is CCCCCCCCCCCCOC(=O)CN1[C+]N(CCCC)C=C1.[Cl-]. The van der Waals surface area contributed by atoms with Gasteiger partial charge in [0.25, 0.3) is 0 Å². The Hall–Kier alpha value is -1.03. The molecule has 1 rings (SSSR count). The lowest BCUT2D eigenvalue weighted by molar-refractivity contribution is -0.144. The van der Waals surface area contributed by atoms with Gasteiger partial charge in [-0.1, -0.05) is 78.1 Å². The van der Waals surface area contributed by atoms with E-state index in [1.165, 1.54) is 51.4 Å². The third-order valence-corrected chi connectivity index (χ3v) is 4.50. The Labute approximate surface area is 167 Å². The van der Waals surface area contributed by atoms with Crippen molar-refractivity contribution in [3.05, 3.63) is 19.1 Å². The van der Waals surface area contributed by atoms with E-state index in [-0.39, 0.29) is 24.9 Å². The standard InChI is InChI=1S/C21H38N2O2.ClH/c1-3-5-7-8-9-10-11-12-13-14-18-25-21(24)19-23-17-16-22(20-23)15-6-4-2;/h16-17H,3-15,18-19H2,1-2H3;1H/q+1;/p-1. The fourth-order valence-corrected chi connectivity index (χ4v) is 2.89. The molecular weight excluding hydrogens is 348 g/mol. The quantitative estimate of drug-likeness (QED) is 0.232. The van der Waals surface area contributed by atoms with Crippen LogP contribution in [-0.4, -0.2) is 35.5 Å². The maximum atomic E-state index is 11.8. The Morgan fingerprint density at radius 1 is 0.808 bits per heavy atom. The van der Waals surface area contributed by atoms with Gasteiger partial charge in [-0.15, -0.1) is 9.80 Å². The van der Waals surface area contributed by atoms with Crippen molar-refractivity contribution >= 4 is 5.97 Å². The minimum absolute atomic E-state index is 0. The number of ether oxygens (including phenoxy) is 1. The highest BCUT2D eigenvalue weighted by Crippen LogP contribution is 2.13. The smallest absolute Gasteiger partial charge is 0.564 e. The summed E-state index contributed by atoms with van der Waals surface area (Å²) in [6.45, 7) is 9.35. The zero-order valence-electron chi connectivity index (χ0n) is 16.9. The maximum Gasteiger partial charge on any atom is 0.564 e. The molecule has 0 saturated heterocycles. The number of hydrogen-bond acceptors (Lipinski definition) is 4. The van der Waals surface area contributed by atoms with Crippen molar-refractivity contribution in [3.63, 3.8) is 0 Å². The third kappa shape index (κ3) is 13.2. The molecule has 0 aromatic rings. The van der Waals surface area contributed by atoms with E-state index in [9.17, 15) is 4.79 Å². The van der Waals surface area contributed by atoms with Crippen molar-refractivity contribution in [1.82, 2.24) is 9.80 Å². The molecule has 1 aliphatic rings. The molecule has 0 N–H and O–H groups in total. The Morgan fingerprint density at radius 3 is 1.96 bits per heavy atom. The number of halogens is 1. The van der Waals surface area contributed by atoms with E-state index in [0.29, 0.717) is 6.61 Å². The zero-order chi connectivity index (χ0) is 18.2. The largest absolute Gasteiger partial charge is 1.00 e. The molecule has 151 valence electrons. The monoisotopic (exact) mass is 385 g/mol. The molecule has 0 fully saturated rings. The highest BCUT2D eigenvalue weighted by molar-refractivity contribution is 5.72. The summed E-state index contributed by atoms with van der Waals surface area (Å²) in [4.78, 5) is 15.6. The molecule has 5 heteroatoms. The lowest BCUT2D eigenvalue weighted by Gasteiger charge is -2.06. The van der Waals surface area contributed by atoms with E-state index in [2.05, 4.69) is 20.5 Å². The van der Waals surface area contributed by atoms with Crippen molar-refractivity contribution in [1.29, 1.82) is 0 Å². The first-order valence-electron chi connectivity index (χ1n) is 10.4. The summed E-state index contributed by atoms with van der Waals surface area (Å²) in [5.74, 6) is -0.162. The number of esters is 1. The van der Waals surface area contributed by atoms with Gasteiger partial charge in [-0.25, -0.2) is 4.79 Å². The van der Waals surface area contributed by atoms with Crippen molar-refractivity contribution in [2.75, 3.05) is 19.7 Å². The molecule has 0 aromatic heterocycles. The van der Waals surface area contributed by atoms with Crippen LogP contribution in [0.25, 0.3) is 0 Å². The van der Waals surface area contributed by atoms with Crippen LogP contribution >= 0.6 is 0 Å². The molecule has 0 aliphatic carbocycles. The molecule has 0 spiro atoms. The Kier molecular flexibility index (Phi) is 16.7. The van der Waals surface area contributed by atoms with Gasteiger partial charge in [-0.05, 0) is 12.8 Å². The van der Waals surface area contributed by atoms with Gasteiger partial charge in [0, 0.05) is 0 Å². The molecule has 4 nitrogen and oxygen atoms in total. The van der Waals surface area contributed by atoms with Gasteiger partial charge in [0.05, 0.1) is 25.6 Å². The molecule has 1 aliphatic heterocycles. The Balaban J connectivity index is 0.00000625. The first-order chi connectivity index (χ1) is 12.3. The van der Waals surface area contributed by atoms with Crippen LogP contribution < -0.4 is 12.4 Å². The predicted molar refractivity (Wildman–Crippen MR) is 104 cm³/mol. The van der Waals surface area contributed by atoms with Gasteiger partial charge in [0.1, 0.15) is 0 Å². The molecule has 0 saturated carbocycles. The van der Waals surface area contributed by atoms with Gasteiger partial charge in [0.15, 0.2) is 6.54 Å². The summed E-state index contributed by atoms with van der Waals surface area (Å²) in [6, 6.07) is 0. The molecule has 0 amide bonds. The first kappa shape index (κ1) is 25.0. The zero-order valence-corrected chi connectivity index (χ0v) is 17.6. The average Bonchev–Trinajstić information content (AvgIpc) is 3.05. The number of carbonyl (C=O) groups is 1. The van der Waals surface area contributed by atoms with Gasteiger partial charge in [-0.2, -0.15) is 0 Å². The Morgan fingerprint density at radius 2 is 1.35 bits per heavy atom. The number of hydrogen-bond donors (Lipinski definition) is 0. The second kappa shape index (κ2) is 17.4. The summed E-state index contributed by atoms with van der Waals surface area (Å²) in [5.41, 5.74) is 0. The van der Waals surface area contributed by atoms with E-state index >= 15 is 0 Å². The second-order valence-electron chi connectivity index (χ2n) is 6.98. The number of carbonyl (C=O) groups excluding carboxylic acids is 1. The lowest BCUT2D eigenvalue weighted by atomic mass is 10.1. The number of unbranched alkanes of at least 4 members (excludes halogenated alkanes) is 10. The minimum Gasteiger partial charge on any atom is -1.00 e. The average molecular weight is 386 g/mol. The highest BCUT2D eigenvalue weighted by atomic mass is 35.5. The second-order valence-corrected chi connectivity index (χ2v) is 6.98. The topological polar surface area (TPSA) is 32.8 Å². The van der Waals surface area contributed by atoms with Crippen molar-refractivity contribution in [3.8, 4) is 0 Å². The molecular formula is C21H38ClN2O2. The van der Waals surface area contributed by atoms with Crippen LogP contribution in [0.2, 0.25) is 0 Å². The fraction of sp³-hybridized carbons (Fsp3) is 0.810. The summed E-state index contributed by atoms with van der Waals surface area (Å²) in [6.07, 6.45) is 19.1. The Bertz CT molecular complexity index is 364. The molecule has 1 heterocycles. The first-order valence-corrected chi connectivity index (χ1v) is 10.4. The normalized spacial score (nSPS) is 12.8. The van der Waals surface area contributed by atoms with E-state index in [1.807, 2.05) is 17.3 Å². The molecule has 26 heavy (non-hydrogen) atoms. The van der Waals surface area contributed by atoms with Crippen molar-refractivity contribution in [2.24, 2.45) is 0 Å². The molecule has 1 radical (unpaired) electrons. The summed E-state index contributed by atoms with van der Waals surface area (Å²) in [7, 11) is 0.